The van der Waals surface area contributed by atoms with Gasteiger partial charge in [-0.05, 0) is 79.9 Å². The lowest BCUT2D eigenvalue weighted by molar-refractivity contribution is 0.340. The van der Waals surface area contributed by atoms with E-state index in [0.717, 1.165) is 57.8 Å². The van der Waals surface area contributed by atoms with Gasteiger partial charge in [0.25, 0.3) is 0 Å². The summed E-state index contributed by atoms with van der Waals surface area (Å²) in [4.78, 5) is 12.7. The fraction of sp³-hybridized carbons (Fsp3) is 0.171. The fourth-order valence-electron chi connectivity index (χ4n) is 5.74. The van der Waals surface area contributed by atoms with Gasteiger partial charge in [0.2, 0.25) is 0 Å². The number of anilines is 2. The second kappa shape index (κ2) is 10.7. The number of rotatable bonds is 6. The minimum Gasteiger partial charge on any atom is -0.494 e. The molecule has 42 heavy (non-hydrogen) atoms. The lowest BCUT2D eigenvalue weighted by atomic mass is 9.92. The van der Waals surface area contributed by atoms with E-state index in [0.29, 0.717) is 12.4 Å². The molecule has 2 aliphatic heterocycles. The van der Waals surface area contributed by atoms with Crippen molar-refractivity contribution in [3.63, 3.8) is 0 Å². The van der Waals surface area contributed by atoms with Gasteiger partial charge < -0.3 is 15.0 Å². The Labute approximate surface area is 245 Å². The maximum atomic E-state index is 5.66. The SMILES string of the molecule is CCOc1ccc(NC2=Nc3ccccc3N3C2=Nc2c(c(C)nn2-c2ccccc2)[C@H]3c2ccc(CC)cc2)cc1. The number of fused-ring (bicyclic) bond motifs is 4. The maximum absolute atomic E-state index is 5.66. The minimum absolute atomic E-state index is 0.148. The number of aryl methyl sites for hydroxylation is 2. The summed E-state index contributed by atoms with van der Waals surface area (Å²) < 4.78 is 7.62. The zero-order valence-electron chi connectivity index (χ0n) is 24.0. The minimum atomic E-state index is -0.148. The summed E-state index contributed by atoms with van der Waals surface area (Å²) in [5, 5.41) is 8.60. The normalized spacial score (nSPS) is 15.2. The third-order valence-electron chi connectivity index (χ3n) is 7.77. The van der Waals surface area contributed by atoms with E-state index < -0.39 is 0 Å². The van der Waals surface area contributed by atoms with E-state index in [-0.39, 0.29) is 6.04 Å². The zero-order valence-corrected chi connectivity index (χ0v) is 24.0. The number of nitrogens with zero attached hydrogens (tertiary/aromatic N) is 5. The number of aromatic nitrogens is 2. The summed E-state index contributed by atoms with van der Waals surface area (Å²) in [7, 11) is 0. The number of amidine groups is 2. The van der Waals surface area contributed by atoms with Crippen molar-refractivity contribution in [1.82, 2.24) is 9.78 Å². The van der Waals surface area contributed by atoms with Crippen molar-refractivity contribution in [3.05, 3.63) is 126 Å². The predicted octanol–water partition coefficient (Wildman–Crippen LogP) is 7.94. The van der Waals surface area contributed by atoms with E-state index in [1.807, 2.05) is 60.1 Å². The van der Waals surface area contributed by atoms with Crippen LogP contribution in [0.1, 0.15) is 42.3 Å². The Morgan fingerprint density at radius 1 is 0.810 bits per heavy atom. The molecule has 0 bridgehead atoms. The van der Waals surface area contributed by atoms with Crippen LogP contribution in [0.2, 0.25) is 0 Å². The van der Waals surface area contributed by atoms with Crippen LogP contribution in [0.25, 0.3) is 5.69 Å². The van der Waals surface area contributed by atoms with Gasteiger partial charge in [0.1, 0.15) is 5.75 Å². The molecule has 0 radical (unpaired) electrons. The van der Waals surface area contributed by atoms with Crippen LogP contribution in [-0.2, 0) is 6.42 Å². The van der Waals surface area contributed by atoms with E-state index in [1.54, 1.807) is 0 Å². The standard InChI is InChI=1S/C35H32N6O/c1-4-24-15-17-25(18-16-24)32-31-23(3)39-41(27-11-7-6-8-12-27)34(31)38-35-33(36-26-19-21-28(22-20-26)42-5-2)37-29-13-9-10-14-30(29)40(32)35/h6-22,32H,4-5H2,1-3H3,(H,36,37)/t32-/m1/s1. The first-order chi connectivity index (χ1) is 20.6. The molecule has 0 saturated heterocycles. The number of nitrogens with one attached hydrogen (secondary N) is 1. The Hall–Kier alpha value is -5.17. The van der Waals surface area contributed by atoms with E-state index in [4.69, 9.17) is 19.8 Å². The predicted molar refractivity (Wildman–Crippen MR) is 170 cm³/mol. The average Bonchev–Trinajstić information content (AvgIpc) is 3.37. The number of hydrogen-bond acceptors (Lipinski definition) is 6. The molecule has 0 unspecified atom stereocenters. The summed E-state index contributed by atoms with van der Waals surface area (Å²) in [6.45, 7) is 6.87. The quantitative estimate of drug-likeness (QED) is 0.232. The highest BCUT2D eigenvalue weighted by molar-refractivity contribution is 6.51. The summed E-state index contributed by atoms with van der Waals surface area (Å²) in [5.41, 5.74) is 8.28. The van der Waals surface area contributed by atoms with Gasteiger partial charge in [-0.3, -0.25) is 0 Å². The van der Waals surface area contributed by atoms with Crippen LogP contribution in [0.15, 0.2) is 113 Å². The number of ether oxygens (including phenoxy) is 1. The summed E-state index contributed by atoms with van der Waals surface area (Å²) >= 11 is 0. The second-order valence-electron chi connectivity index (χ2n) is 10.4. The van der Waals surface area contributed by atoms with Gasteiger partial charge in [0, 0.05) is 11.3 Å². The Balaban J connectivity index is 1.44. The number of para-hydroxylation sites is 3. The van der Waals surface area contributed by atoms with Crippen molar-refractivity contribution in [2.24, 2.45) is 9.98 Å². The highest BCUT2D eigenvalue weighted by Crippen LogP contribution is 2.48. The summed E-state index contributed by atoms with van der Waals surface area (Å²) in [6, 6.07) is 35.2. The summed E-state index contributed by atoms with van der Waals surface area (Å²) in [6.07, 6.45) is 0.989. The smallest absolute Gasteiger partial charge is 0.179 e. The average molecular weight is 553 g/mol. The lowest BCUT2D eigenvalue weighted by Gasteiger charge is -2.40. The molecule has 3 heterocycles. The number of hydrogen-bond donors (Lipinski definition) is 1. The lowest BCUT2D eigenvalue weighted by Crippen LogP contribution is -2.46. The van der Waals surface area contributed by atoms with Crippen molar-refractivity contribution in [3.8, 4) is 11.4 Å². The fourth-order valence-corrected chi connectivity index (χ4v) is 5.74. The van der Waals surface area contributed by atoms with E-state index in [1.165, 1.54) is 11.1 Å². The van der Waals surface area contributed by atoms with Crippen LogP contribution < -0.4 is 15.0 Å². The molecule has 5 aromatic rings. The van der Waals surface area contributed by atoms with Crippen LogP contribution in [0.4, 0.5) is 22.9 Å². The molecule has 1 atom stereocenters. The van der Waals surface area contributed by atoms with Gasteiger partial charge in [0.05, 0.1) is 35.4 Å². The molecule has 0 spiro atoms. The molecular weight excluding hydrogens is 520 g/mol. The molecule has 0 fully saturated rings. The largest absolute Gasteiger partial charge is 0.494 e. The van der Waals surface area contributed by atoms with Gasteiger partial charge >= 0.3 is 0 Å². The molecule has 7 rings (SSSR count). The molecule has 7 heteroatoms. The van der Waals surface area contributed by atoms with Gasteiger partial charge in [-0.1, -0.05) is 61.5 Å². The van der Waals surface area contributed by atoms with Crippen LogP contribution in [0.5, 0.6) is 5.75 Å². The Kier molecular flexibility index (Phi) is 6.55. The van der Waals surface area contributed by atoms with Crippen LogP contribution in [0, 0.1) is 6.92 Å². The number of aliphatic imine (C=N–C) groups is 2. The van der Waals surface area contributed by atoms with E-state index in [2.05, 4.69) is 78.7 Å². The molecule has 2 aliphatic rings. The van der Waals surface area contributed by atoms with Gasteiger partial charge in [-0.15, -0.1) is 0 Å². The Bertz CT molecular complexity index is 1800. The van der Waals surface area contributed by atoms with Crippen LogP contribution in [-0.4, -0.2) is 28.1 Å². The Morgan fingerprint density at radius 2 is 1.55 bits per heavy atom. The third-order valence-corrected chi connectivity index (χ3v) is 7.77. The monoisotopic (exact) mass is 552 g/mol. The van der Waals surface area contributed by atoms with Gasteiger partial charge in [0.15, 0.2) is 17.5 Å². The zero-order chi connectivity index (χ0) is 28.6. The first-order valence-corrected chi connectivity index (χ1v) is 14.4. The van der Waals surface area contributed by atoms with E-state index >= 15 is 0 Å². The molecule has 7 nitrogen and oxygen atoms in total. The maximum Gasteiger partial charge on any atom is 0.179 e. The molecule has 208 valence electrons. The molecule has 4 aromatic carbocycles. The molecule has 1 aromatic heterocycles. The summed E-state index contributed by atoms with van der Waals surface area (Å²) in [5.74, 6) is 3.07. The Morgan fingerprint density at radius 3 is 2.29 bits per heavy atom. The van der Waals surface area contributed by atoms with Gasteiger partial charge in [-0.2, -0.15) is 5.10 Å². The number of benzene rings is 4. The van der Waals surface area contributed by atoms with Crippen molar-refractivity contribution in [2.45, 2.75) is 33.2 Å². The first kappa shape index (κ1) is 25.8. The third kappa shape index (κ3) is 4.43. The topological polar surface area (TPSA) is 67.0 Å². The highest BCUT2D eigenvalue weighted by Gasteiger charge is 2.41. The van der Waals surface area contributed by atoms with Crippen LogP contribution in [0.3, 0.4) is 0 Å². The van der Waals surface area contributed by atoms with Crippen molar-refractivity contribution in [1.29, 1.82) is 0 Å². The van der Waals surface area contributed by atoms with Crippen molar-refractivity contribution in [2.75, 3.05) is 16.8 Å². The van der Waals surface area contributed by atoms with Crippen LogP contribution >= 0.6 is 0 Å². The molecule has 0 saturated carbocycles. The molecule has 0 amide bonds. The molecule has 1 N–H and O–H groups in total. The second-order valence-corrected chi connectivity index (χ2v) is 10.4. The first-order valence-electron chi connectivity index (χ1n) is 14.4. The van der Waals surface area contributed by atoms with Crippen molar-refractivity contribution < 1.29 is 4.74 Å². The van der Waals surface area contributed by atoms with E-state index in [9.17, 15) is 0 Å². The molecular formula is C35H32N6O. The highest BCUT2D eigenvalue weighted by atomic mass is 16.5. The van der Waals surface area contributed by atoms with Crippen molar-refractivity contribution >= 4 is 34.6 Å². The van der Waals surface area contributed by atoms with Gasteiger partial charge in [-0.25, -0.2) is 14.7 Å². The molecule has 0 aliphatic carbocycles.